The van der Waals surface area contributed by atoms with Crippen LogP contribution in [0.2, 0.25) is 0 Å². The summed E-state index contributed by atoms with van der Waals surface area (Å²) in [5.41, 5.74) is 0.437. The fraction of sp³-hybridized carbons (Fsp3) is 0.480. The summed E-state index contributed by atoms with van der Waals surface area (Å²) in [6.07, 6.45) is 2.10. The highest BCUT2D eigenvalue weighted by Gasteiger charge is 2.27. The predicted molar refractivity (Wildman–Crippen MR) is 137 cm³/mol. The van der Waals surface area contributed by atoms with Crippen LogP contribution in [0.3, 0.4) is 0 Å². The minimum Gasteiger partial charge on any atom is -0.490 e. The Morgan fingerprint density at radius 1 is 1.00 bits per heavy atom. The highest BCUT2D eigenvalue weighted by atomic mass is 32.2. The first-order chi connectivity index (χ1) is 16.8. The van der Waals surface area contributed by atoms with E-state index in [0.29, 0.717) is 25.3 Å². The Hall–Kier alpha value is -2.66. The molecule has 0 spiro atoms. The Bertz CT molecular complexity index is 1320. The number of unbranched alkanes of at least 4 members (excludes halogenated alkanes) is 1. The zero-order valence-corrected chi connectivity index (χ0v) is 22.7. The normalized spacial score (nSPS) is 14.8. The van der Waals surface area contributed by atoms with Crippen LogP contribution in [-0.4, -0.2) is 71.9 Å². The molecule has 1 heterocycles. The van der Waals surface area contributed by atoms with Gasteiger partial charge in [-0.1, -0.05) is 13.3 Å². The molecule has 3 rings (SSSR count). The standard InChI is InChI=1S/C25H33FN2O6S2/c1-5-6-15-36(32,33)20-7-9-23(22(26)17-20)27-11-13-28(14-12-27)25(29)21-16-19(35(4,30)31)8-10-24(21)34-18(2)3/h7-10,16-18H,5-6,11-15H2,1-4H3. The zero-order chi connectivity index (χ0) is 26.7. The molecule has 1 saturated heterocycles. The molecule has 0 saturated carbocycles. The molecular weight excluding hydrogens is 507 g/mol. The summed E-state index contributed by atoms with van der Waals surface area (Å²) in [7, 11) is -7.06. The Balaban J connectivity index is 1.77. The number of piperazine rings is 1. The van der Waals surface area contributed by atoms with Gasteiger partial charge in [0.2, 0.25) is 0 Å². The molecule has 0 atom stereocenters. The van der Waals surface area contributed by atoms with E-state index in [1.165, 1.54) is 30.3 Å². The summed E-state index contributed by atoms with van der Waals surface area (Å²) in [6, 6.07) is 8.19. The second-order valence-corrected chi connectivity index (χ2v) is 13.3. The lowest BCUT2D eigenvalue weighted by molar-refractivity contribution is 0.0740. The smallest absolute Gasteiger partial charge is 0.257 e. The van der Waals surface area contributed by atoms with E-state index in [1.54, 1.807) is 9.80 Å². The minimum absolute atomic E-state index is 0.0217. The zero-order valence-electron chi connectivity index (χ0n) is 21.0. The van der Waals surface area contributed by atoms with Crippen LogP contribution in [0.4, 0.5) is 10.1 Å². The first-order valence-electron chi connectivity index (χ1n) is 11.9. The number of carbonyl (C=O) groups excluding carboxylic acids is 1. The van der Waals surface area contributed by atoms with Gasteiger partial charge < -0.3 is 14.5 Å². The number of anilines is 1. The molecular formula is C25H33FN2O6S2. The molecule has 0 N–H and O–H groups in total. The molecule has 2 aromatic rings. The van der Waals surface area contributed by atoms with Crippen molar-refractivity contribution in [2.75, 3.05) is 43.1 Å². The molecule has 36 heavy (non-hydrogen) atoms. The molecule has 0 radical (unpaired) electrons. The number of hydrogen-bond acceptors (Lipinski definition) is 7. The number of carbonyl (C=O) groups is 1. The molecule has 8 nitrogen and oxygen atoms in total. The molecule has 2 aromatic carbocycles. The van der Waals surface area contributed by atoms with Crippen molar-refractivity contribution >= 4 is 31.3 Å². The van der Waals surface area contributed by atoms with E-state index >= 15 is 0 Å². The van der Waals surface area contributed by atoms with Gasteiger partial charge in [-0.2, -0.15) is 0 Å². The van der Waals surface area contributed by atoms with Crippen LogP contribution in [-0.2, 0) is 19.7 Å². The second-order valence-electron chi connectivity index (χ2n) is 9.16. The number of rotatable bonds is 9. The fourth-order valence-electron chi connectivity index (χ4n) is 3.97. The SMILES string of the molecule is CCCCS(=O)(=O)c1ccc(N2CCN(C(=O)c3cc(S(C)(=O)=O)ccc3OC(C)C)CC2)c(F)c1. The van der Waals surface area contributed by atoms with Crippen LogP contribution in [0.15, 0.2) is 46.2 Å². The van der Waals surface area contributed by atoms with E-state index in [4.69, 9.17) is 4.74 Å². The van der Waals surface area contributed by atoms with Crippen LogP contribution >= 0.6 is 0 Å². The minimum atomic E-state index is -3.54. The Labute approximate surface area is 212 Å². The maximum Gasteiger partial charge on any atom is 0.257 e. The monoisotopic (exact) mass is 540 g/mol. The maximum atomic E-state index is 14.9. The van der Waals surface area contributed by atoms with E-state index < -0.39 is 25.5 Å². The molecule has 1 aliphatic rings. The van der Waals surface area contributed by atoms with Crippen molar-refractivity contribution < 1.29 is 30.8 Å². The van der Waals surface area contributed by atoms with Crippen LogP contribution in [0.1, 0.15) is 44.0 Å². The van der Waals surface area contributed by atoms with Crippen molar-refractivity contribution in [1.82, 2.24) is 4.90 Å². The molecule has 198 valence electrons. The van der Waals surface area contributed by atoms with Gasteiger partial charge in [0.25, 0.3) is 5.91 Å². The fourth-order valence-corrected chi connectivity index (χ4v) is 6.08. The Morgan fingerprint density at radius 2 is 1.64 bits per heavy atom. The lowest BCUT2D eigenvalue weighted by Crippen LogP contribution is -2.49. The first kappa shape index (κ1) is 27.9. The number of benzene rings is 2. The number of sulfone groups is 2. The third-order valence-electron chi connectivity index (χ3n) is 5.92. The summed E-state index contributed by atoms with van der Waals surface area (Å²) < 4.78 is 69.5. The predicted octanol–water partition coefficient (Wildman–Crippen LogP) is 3.55. The van der Waals surface area contributed by atoms with Crippen molar-refractivity contribution in [3.05, 3.63) is 47.8 Å². The third kappa shape index (κ3) is 6.56. The van der Waals surface area contributed by atoms with Gasteiger partial charge in [-0.05, 0) is 56.7 Å². The molecule has 1 amide bonds. The second kappa shape index (κ2) is 11.2. The summed E-state index contributed by atoms with van der Waals surface area (Å²) in [4.78, 5) is 16.7. The molecule has 1 aliphatic heterocycles. The van der Waals surface area contributed by atoms with Gasteiger partial charge in [-0.3, -0.25) is 4.79 Å². The van der Waals surface area contributed by atoms with Gasteiger partial charge in [0.1, 0.15) is 11.6 Å². The third-order valence-corrected chi connectivity index (χ3v) is 8.83. The van der Waals surface area contributed by atoms with E-state index in [2.05, 4.69) is 0 Å². The molecule has 0 aliphatic carbocycles. The van der Waals surface area contributed by atoms with Crippen molar-refractivity contribution in [1.29, 1.82) is 0 Å². The molecule has 0 bridgehead atoms. The van der Waals surface area contributed by atoms with Gasteiger partial charge in [0, 0.05) is 32.4 Å². The number of nitrogens with zero attached hydrogens (tertiary/aromatic N) is 2. The number of hydrogen-bond donors (Lipinski definition) is 0. The average molecular weight is 541 g/mol. The van der Waals surface area contributed by atoms with Gasteiger partial charge in [0.05, 0.1) is 32.9 Å². The summed E-state index contributed by atoms with van der Waals surface area (Å²) >= 11 is 0. The lowest BCUT2D eigenvalue weighted by Gasteiger charge is -2.36. The van der Waals surface area contributed by atoms with E-state index in [-0.39, 0.29) is 51.9 Å². The van der Waals surface area contributed by atoms with E-state index in [0.717, 1.165) is 18.7 Å². The van der Waals surface area contributed by atoms with Crippen molar-refractivity contribution in [3.63, 3.8) is 0 Å². The largest absolute Gasteiger partial charge is 0.490 e. The van der Waals surface area contributed by atoms with E-state index in [9.17, 15) is 26.0 Å². The Morgan fingerprint density at radius 3 is 2.19 bits per heavy atom. The van der Waals surface area contributed by atoms with Gasteiger partial charge >= 0.3 is 0 Å². The quantitative estimate of drug-likeness (QED) is 0.479. The summed E-state index contributed by atoms with van der Waals surface area (Å²) in [5, 5.41) is 0. The van der Waals surface area contributed by atoms with Gasteiger partial charge in [0.15, 0.2) is 19.7 Å². The van der Waals surface area contributed by atoms with Crippen molar-refractivity contribution in [2.45, 2.75) is 49.5 Å². The number of amides is 1. The maximum absolute atomic E-state index is 14.9. The Kier molecular flexibility index (Phi) is 8.66. The van der Waals surface area contributed by atoms with Gasteiger partial charge in [-0.15, -0.1) is 0 Å². The van der Waals surface area contributed by atoms with Crippen LogP contribution in [0, 0.1) is 5.82 Å². The first-order valence-corrected chi connectivity index (χ1v) is 15.4. The highest BCUT2D eigenvalue weighted by molar-refractivity contribution is 7.91. The van der Waals surface area contributed by atoms with Crippen molar-refractivity contribution in [2.24, 2.45) is 0 Å². The lowest BCUT2D eigenvalue weighted by atomic mass is 10.1. The topological polar surface area (TPSA) is 101 Å². The molecule has 0 unspecified atom stereocenters. The molecule has 0 aromatic heterocycles. The summed E-state index contributed by atoms with van der Waals surface area (Å²) in [5.74, 6) is -0.711. The van der Waals surface area contributed by atoms with Gasteiger partial charge in [-0.25, -0.2) is 21.2 Å². The summed E-state index contributed by atoms with van der Waals surface area (Å²) in [6.45, 7) is 6.73. The molecule has 11 heteroatoms. The average Bonchev–Trinajstić information content (AvgIpc) is 2.81. The van der Waals surface area contributed by atoms with Crippen molar-refractivity contribution in [3.8, 4) is 5.75 Å². The van der Waals surface area contributed by atoms with Crippen LogP contribution < -0.4 is 9.64 Å². The van der Waals surface area contributed by atoms with E-state index in [1.807, 2.05) is 20.8 Å². The number of halogens is 1. The highest BCUT2D eigenvalue weighted by Crippen LogP contribution is 2.28. The number of ether oxygens (including phenoxy) is 1. The van der Waals surface area contributed by atoms with Crippen LogP contribution in [0.25, 0.3) is 0 Å². The van der Waals surface area contributed by atoms with Crippen LogP contribution in [0.5, 0.6) is 5.75 Å². The molecule has 1 fully saturated rings.